The summed E-state index contributed by atoms with van der Waals surface area (Å²) in [5.41, 5.74) is 3.34. The molecule has 5 nitrogen and oxygen atoms in total. The van der Waals surface area contributed by atoms with Gasteiger partial charge in [-0.1, -0.05) is 24.3 Å². The summed E-state index contributed by atoms with van der Waals surface area (Å²) in [6, 6.07) is 0. The van der Waals surface area contributed by atoms with E-state index in [1.165, 1.54) is 24.0 Å². The van der Waals surface area contributed by atoms with Crippen molar-refractivity contribution < 1.29 is 23.0 Å². The number of hydrogen-bond acceptors (Lipinski definition) is 5. The Labute approximate surface area is 222 Å². The third kappa shape index (κ3) is 5.37. The van der Waals surface area contributed by atoms with Gasteiger partial charge in [0.1, 0.15) is 23.4 Å². The van der Waals surface area contributed by atoms with Gasteiger partial charge in [0, 0.05) is 42.6 Å². The normalized spacial score (nSPS) is 28.5. The van der Waals surface area contributed by atoms with Crippen LogP contribution in [-0.2, 0) is 25.3 Å². The molecule has 0 saturated heterocycles. The predicted octanol–water partition coefficient (Wildman–Crippen LogP) is 7.58. The predicted molar refractivity (Wildman–Crippen MR) is 143 cm³/mol. The Balaban J connectivity index is 1.33. The largest absolute Gasteiger partial charge is 0.769 e. The molecule has 1 aliphatic heterocycles. The van der Waals surface area contributed by atoms with Crippen molar-refractivity contribution in [2.24, 2.45) is 5.92 Å². The molecule has 0 spiro atoms. The summed E-state index contributed by atoms with van der Waals surface area (Å²) < 4.78 is 43.8. The lowest BCUT2D eigenvalue weighted by Crippen LogP contribution is -2.29. The van der Waals surface area contributed by atoms with Crippen molar-refractivity contribution >= 4 is 11.1 Å². The molecule has 0 saturated carbocycles. The lowest BCUT2D eigenvalue weighted by molar-refractivity contribution is 0.0766. The summed E-state index contributed by atoms with van der Waals surface area (Å²) in [6.07, 6.45) is 26.6. The topological polar surface area (TPSA) is 67.8 Å². The molecule has 0 aromatic heterocycles. The fourth-order valence-electron chi connectivity index (χ4n) is 6.34. The van der Waals surface area contributed by atoms with Gasteiger partial charge in [0.2, 0.25) is 0 Å². The first-order chi connectivity index (χ1) is 18.2. The molecule has 0 aromatic rings. The molecule has 196 valence electrons. The molecule has 37 heavy (non-hydrogen) atoms. The van der Waals surface area contributed by atoms with Crippen LogP contribution < -0.4 is 0 Å². The van der Waals surface area contributed by atoms with E-state index in [1.54, 1.807) is 0 Å². The summed E-state index contributed by atoms with van der Waals surface area (Å²) in [4.78, 5) is 0.545. The average Bonchev–Trinajstić information content (AvgIpc) is 2.93. The summed E-state index contributed by atoms with van der Waals surface area (Å²) in [5, 5.41) is 0. The third-order valence-corrected chi connectivity index (χ3v) is 9.00. The molecular weight excluding hydrogens is 484 g/mol. The van der Waals surface area contributed by atoms with E-state index in [0.717, 1.165) is 92.2 Å². The molecule has 0 bridgehead atoms. The zero-order valence-electron chi connectivity index (χ0n) is 21.3. The van der Waals surface area contributed by atoms with Crippen LogP contribution in [0.4, 0.5) is 0 Å². The second-order valence-electron chi connectivity index (χ2n) is 10.6. The van der Waals surface area contributed by atoms with Crippen LogP contribution in [-0.4, -0.2) is 14.9 Å². The highest BCUT2D eigenvalue weighted by molar-refractivity contribution is 7.83. The summed E-state index contributed by atoms with van der Waals surface area (Å²) in [6.45, 7) is 0. The maximum Gasteiger partial charge on any atom is 0.130 e. The number of allylic oxidation sites excluding steroid dienone is 14. The molecule has 0 aromatic carbocycles. The molecule has 5 aliphatic carbocycles. The molecule has 0 N–H and O–H groups in total. The van der Waals surface area contributed by atoms with Gasteiger partial charge in [0.25, 0.3) is 0 Å². The summed E-state index contributed by atoms with van der Waals surface area (Å²) in [5.74, 6) is 4.79. The Morgan fingerprint density at radius 3 is 2.65 bits per heavy atom. The minimum atomic E-state index is -2.23. The van der Waals surface area contributed by atoms with E-state index in [4.69, 9.17) is 14.2 Å². The van der Waals surface area contributed by atoms with Gasteiger partial charge in [-0.2, -0.15) is 0 Å². The van der Waals surface area contributed by atoms with Crippen LogP contribution in [0.5, 0.6) is 0 Å². The molecule has 6 rings (SSSR count). The highest BCUT2D eigenvalue weighted by Crippen LogP contribution is 2.50. The van der Waals surface area contributed by atoms with Gasteiger partial charge in [0.15, 0.2) is 0 Å². The molecule has 6 aliphatic rings. The number of ether oxygens (including phenoxy) is 3. The Morgan fingerprint density at radius 2 is 1.84 bits per heavy atom. The van der Waals surface area contributed by atoms with Crippen molar-refractivity contribution in [1.29, 1.82) is 0 Å². The van der Waals surface area contributed by atoms with E-state index in [9.17, 15) is 8.76 Å². The second-order valence-corrected chi connectivity index (χ2v) is 11.6. The Hall–Kier alpha value is -2.57. The summed E-state index contributed by atoms with van der Waals surface area (Å²) in [7, 11) is 0. The van der Waals surface area contributed by atoms with Crippen LogP contribution >= 0.6 is 0 Å². The molecule has 0 amide bonds. The van der Waals surface area contributed by atoms with E-state index < -0.39 is 11.1 Å². The van der Waals surface area contributed by atoms with Crippen molar-refractivity contribution in [1.82, 2.24) is 0 Å². The van der Waals surface area contributed by atoms with Gasteiger partial charge in [-0.25, -0.2) is 0 Å². The molecule has 1 heterocycles. The minimum absolute atomic E-state index is 0.0484. The van der Waals surface area contributed by atoms with Crippen LogP contribution in [0.1, 0.15) is 83.5 Å². The molecule has 3 unspecified atom stereocenters. The molecule has 0 fully saturated rings. The van der Waals surface area contributed by atoms with E-state index in [1.807, 2.05) is 6.08 Å². The van der Waals surface area contributed by atoms with Crippen molar-refractivity contribution in [3.63, 3.8) is 0 Å². The lowest BCUT2D eigenvalue weighted by Gasteiger charge is -2.40. The van der Waals surface area contributed by atoms with E-state index >= 15 is 0 Å². The fraction of sp³-hybridized carbons (Fsp3) is 0.484. The van der Waals surface area contributed by atoms with Gasteiger partial charge >= 0.3 is 0 Å². The van der Waals surface area contributed by atoms with E-state index in [0.29, 0.717) is 17.7 Å². The zero-order chi connectivity index (χ0) is 25.2. The van der Waals surface area contributed by atoms with Crippen molar-refractivity contribution in [2.75, 3.05) is 0 Å². The third-order valence-electron chi connectivity index (χ3n) is 8.16. The monoisotopic (exact) mass is 519 g/mol. The first kappa shape index (κ1) is 24.7. The Kier molecular flexibility index (Phi) is 7.39. The van der Waals surface area contributed by atoms with Crippen molar-refractivity contribution in [2.45, 2.75) is 89.6 Å². The quantitative estimate of drug-likeness (QED) is 0.338. The van der Waals surface area contributed by atoms with Crippen LogP contribution in [0, 0.1) is 5.92 Å². The SMILES string of the molecule is O=S([O-])C1=C(C2C3=C(C=C(OC4=CCCCC4)CC3)OC3=C2CCC(OC2=CC=CCC2)C3)C=CCC1. The fourth-order valence-corrected chi connectivity index (χ4v) is 7.01. The lowest BCUT2D eigenvalue weighted by atomic mass is 9.73. The van der Waals surface area contributed by atoms with Crippen LogP contribution in [0.15, 0.2) is 93.0 Å². The average molecular weight is 520 g/mol. The van der Waals surface area contributed by atoms with Gasteiger partial charge in [-0.3, -0.25) is 4.21 Å². The minimum Gasteiger partial charge on any atom is -0.769 e. The van der Waals surface area contributed by atoms with Crippen LogP contribution in [0.25, 0.3) is 0 Å². The second kappa shape index (κ2) is 11.0. The number of hydrogen-bond donors (Lipinski definition) is 0. The van der Waals surface area contributed by atoms with Crippen molar-refractivity contribution in [3.05, 3.63) is 93.0 Å². The van der Waals surface area contributed by atoms with Gasteiger partial charge in [-0.05, 0) is 97.7 Å². The highest BCUT2D eigenvalue weighted by Gasteiger charge is 2.39. The first-order valence-corrected chi connectivity index (χ1v) is 14.9. The zero-order valence-corrected chi connectivity index (χ0v) is 22.2. The first-order valence-electron chi connectivity index (χ1n) is 13.9. The molecule has 3 atom stereocenters. The Morgan fingerprint density at radius 1 is 0.919 bits per heavy atom. The summed E-state index contributed by atoms with van der Waals surface area (Å²) >= 11 is -2.23. The molecular formula is C31H35O5S-. The van der Waals surface area contributed by atoms with Crippen molar-refractivity contribution in [3.8, 4) is 0 Å². The Bertz CT molecular complexity index is 1220. The van der Waals surface area contributed by atoms with Gasteiger partial charge in [-0.15, -0.1) is 0 Å². The highest BCUT2D eigenvalue weighted by atomic mass is 32.2. The van der Waals surface area contributed by atoms with Gasteiger partial charge < -0.3 is 18.8 Å². The maximum atomic E-state index is 12.2. The van der Waals surface area contributed by atoms with Crippen LogP contribution in [0.3, 0.4) is 0 Å². The van der Waals surface area contributed by atoms with Gasteiger partial charge in [0.05, 0.1) is 11.5 Å². The number of rotatable bonds is 6. The van der Waals surface area contributed by atoms with E-state index in [-0.39, 0.29) is 12.0 Å². The molecule has 6 heteroatoms. The van der Waals surface area contributed by atoms with Crippen LogP contribution in [0.2, 0.25) is 0 Å². The molecule has 0 radical (unpaired) electrons. The smallest absolute Gasteiger partial charge is 0.130 e. The van der Waals surface area contributed by atoms with E-state index in [2.05, 4.69) is 36.5 Å². The standard InChI is InChI=1S/C31H36O5S/c32-37(33)30-14-8-7-13-27(30)31-25-17-15-23(34-21-9-3-1-4-10-21)19-28(25)36-29-20-24(16-18-26(29)31)35-22-11-5-2-6-12-22/h1,3,7,9,11,13,20,23,31H,2,4-6,8,10,12,14-19H2,(H,32,33)/p-1. The maximum absolute atomic E-state index is 12.2.